The summed E-state index contributed by atoms with van der Waals surface area (Å²) in [5.41, 5.74) is 7.93. The first-order valence-electron chi connectivity index (χ1n) is 9.00. The summed E-state index contributed by atoms with van der Waals surface area (Å²) >= 11 is 0. The zero-order valence-electron chi connectivity index (χ0n) is 16.3. The van der Waals surface area contributed by atoms with E-state index < -0.39 is 5.97 Å². The number of rotatable bonds is 5. The van der Waals surface area contributed by atoms with Crippen LogP contribution in [0.15, 0.2) is 61.2 Å². The van der Waals surface area contributed by atoms with Crippen molar-refractivity contribution in [1.29, 1.82) is 0 Å². The highest BCUT2D eigenvalue weighted by molar-refractivity contribution is 5.73. The van der Waals surface area contributed by atoms with Crippen LogP contribution in [0.2, 0.25) is 0 Å². The fourth-order valence-electron chi connectivity index (χ4n) is 2.78. The Morgan fingerprint density at radius 1 is 1.07 bits per heavy atom. The second-order valence-corrected chi connectivity index (χ2v) is 6.30. The third-order valence-electron chi connectivity index (χ3n) is 4.17. The molecular weight excluding hydrogens is 384 g/mol. The maximum Gasteiger partial charge on any atom is 0.309 e. The third-order valence-corrected chi connectivity index (χ3v) is 4.17. The highest BCUT2D eigenvalue weighted by atomic mass is 16.5. The molecule has 30 heavy (non-hydrogen) atoms. The van der Waals surface area contributed by atoms with Crippen molar-refractivity contribution in [3.8, 4) is 23.1 Å². The Morgan fingerprint density at radius 3 is 2.63 bits per heavy atom. The minimum Gasteiger partial charge on any atom is -0.407 e. The normalized spacial score (nSPS) is 10.6. The van der Waals surface area contributed by atoms with E-state index in [0.717, 1.165) is 5.69 Å². The smallest absolute Gasteiger partial charge is 0.309 e. The van der Waals surface area contributed by atoms with Gasteiger partial charge in [-0.1, -0.05) is 18.2 Å². The fourth-order valence-corrected chi connectivity index (χ4v) is 2.78. The number of esters is 1. The Morgan fingerprint density at radius 2 is 1.87 bits per heavy atom. The van der Waals surface area contributed by atoms with E-state index in [1.54, 1.807) is 34.1 Å². The van der Waals surface area contributed by atoms with Crippen LogP contribution in [0, 0.1) is 0 Å². The molecule has 150 valence electrons. The molecule has 3 heterocycles. The molecule has 0 bridgehead atoms. The van der Waals surface area contributed by atoms with Crippen LogP contribution < -0.4 is 15.4 Å². The van der Waals surface area contributed by atoms with E-state index in [9.17, 15) is 4.79 Å². The van der Waals surface area contributed by atoms with Crippen LogP contribution in [0.4, 0.5) is 17.6 Å². The molecule has 0 saturated heterocycles. The second-order valence-electron chi connectivity index (χ2n) is 6.30. The van der Waals surface area contributed by atoms with Gasteiger partial charge in [0.2, 0.25) is 23.7 Å². The van der Waals surface area contributed by atoms with E-state index in [-0.39, 0.29) is 11.8 Å². The molecule has 0 amide bonds. The zero-order valence-corrected chi connectivity index (χ0v) is 16.3. The van der Waals surface area contributed by atoms with Gasteiger partial charge in [-0.05, 0) is 24.3 Å². The number of nitrogens with two attached hydrogens (primary N) is 1. The minimum atomic E-state index is -0.465. The number of para-hydroxylation sites is 1. The maximum absolute atomic E-state index is 11.3. The number of anilines is 3. The van der Waals surface area contributed by atoms with Gasteiger partial charge in [0, 0.05) is 32.1 Å². The molecule has 0 unspecified atom stereocenters. The SMILES string of the molecule is CC(=O)Oc1ncccc1-c1cn(-c2nc(N)nc(N(C)c3ccccc3)n2)cn1. The van der Waals surface area contributed by atoms with E-state index in [1.165, 1.54) is 13.1 Å². The summed E-state index contributed by atoms with van der Waals surface area (Å²) in [4.78, 5) is 34.6. The average molecular weight is 402 g/mol. The van der Waals surface area contributed by atoms with Gasteiger partial charge in [0.15, 0.2) is 0 Å². The summed E-state index contributed by atoms with van der Waals surface area (Å²) in [5, 5.41) is 0. The van der Waals surface area contributed by atoms with Crippen LogP contribution in [-0.2, 0) is 4.79 Å². The Balaban J connectivity index is 1.69. The molecule has 0 aliphatic heterocycles. The first kappa shape index (κ1) is 19.0. The summed E-state index contributed by atoms with van der Waals surface area (Å²) in [6.45, 7) is 1.31. The standard InChI is InChI=1S/C20H18N8O2/c1-13(29)30-17-15(9-6-10-22-17)16-11-28(12-23-16)20-25-18(21)24-19(26-20)27(2)14-7-4-3-5-8-14/h3-12H,1-2H3,(H2,21,24,25,26). The lowest BCUT2D eigenvalue weighted by molar-refractivity contribution is -0.132. The zero-order chi connectivity index (χ0) is 21.1. The summed E-state index contributed by atoms with van der Waals surface area (Å²) < 4.78 is 6.78. The molecule has 1 aromatic carbocycles. The lowest BCUT2D eigenvalue weighted by Gasteiger charge is -2.17. The Kier molecular flexibility index (Phi) is 5.04. The minimum absolute atomic E-state index is 0.0787. The van der Waals surface area contributed by atoms with Crippen molar-refractivity contribution in [3.63, 3.8) is 0 Å². The van der Waals surface area contributed by atoms with Crippen molar-refractivity contribution in [2.24, 2.45) is 0 Å². The predicted octanol–water partition coefficient (Wildman–Crippen LogP) is 2.39. The lowest BCUT2D eigenvalue weighted by atomic mass is 10.2. The largest absolute Gasteiger partial charge is 0.407 e. The maximum atomic E-state index is 11.3. The number of nitrogen functional groups attached to an aromatic ring is 1. The van der Waals surface area contributed by atoms with Gasteiger partial charge in [0.1, 0.15) is 6.33 Å². The van der Waals surface area contributed by atoms with Crippen LogP contribution >= 0.6 is 0 Å². The first-order valence-corrected chi connectivity index (χ1v) is 9.00. The van der Waals surface area contributed by atoms with E-state index in [4.69, 9.17) is 10.5 Å². The molecule has 4 aromatic rings. The molecule has 0 aliphatic carbocycles. The van der Waals surface area contributed by atoms with E-state index in [1.807, 2.05) is 37.4 Å². The van der Waals surface area contributed by atoms with Gasteiger partial charge in [0.25, 0.3) is 0 Å². The lowest BCUT2D eigenvalue weighted by Crippen LogP contribution is -2.16. The molecule has 3 aromatic heterocycles. The van der Waals surface area contributed by atoms with Gasteiger partial charge < -0.3 is 15.4 Å². The molecular formula is C20H18N8O2. The Hall–Kier alpha value is -4.34. The van der Waals surface area contributed by atoms with Gasteiger partial charge in [-0.25, -0.2) is 9.97 Å². The number of benzene rings is 1. The molecule has 0 aliphatic rings. The Labute approximate surface area is 172 Å². The van der Waals surface area contributed by atoms with Gasteiger partial charge in [-0.15, -0.1) is 0 Å². The summed E-state index contributed by atoms with van der Waals surface area (Å²) in [5.74, 6) is 0.482. The van der Waals surface area contributed by atoms with Crippen molar-refractivity contribution in [3.05, 3.63) is 61.2 Å². The molecule has 2 N–H and O–H groups in total. The Bertz CT molecular complexity index is 1190. The van der Waals surface area contributed by atoms with Crippen LogP contribution in [0.3, 0.4) is 0 Å². The first-order chi connectivity index (χ1) is 14.5. The van der Waals surface area contributed by atoms with Gasteiger partial charge in [0.05, 0.1) is 11.3 Å². The van der Waals surface area contributed by atoms with Gasteiger partial charge in [-0.2, -0.15) is 15.0 Å². The number of ether oxygens (including phenoxy) is 1. The molecule has 10 heteroatoms. The van der Waals surface area contributed by atoms with E-state index in [2.05, 4.69) is 24.9 Å². The molecule has 0 fully saturated rings. The van der Waals surface area contributed by atoms with Gasteiger partial charge in [-0.3, -0.25) is 9.36 Å². The van der Waals surface area contributed by atoms with Crippen LogP contribution in [-0.4, -0.2) is 42.5 Å². The number of carbonyl (C=O) groups is 1. The highest BCUT2D eigenvalue weighted by Crippen LogP contribution is 2.27. The van der Waals surface area contributed by atoms with Crippen molar-refractivity contribution < 1.29 is 9.53 Å². The van der Waals surface area contributed by atoms with Crippen LogP contribution in [0.1, 0.15) is 6.92 Å². The highest BCUT2D eigenvalue weighted by Gasteiger charge is 2.15. The van der Waals surface area contributed by atoms with Crippen molar-refractivity contribution in [2.75, 3.05) is 17.7 Å². The second kappa shape index (κ2) is 7.95. The van der Waals surface area contributed by atoms with Crippen LogP contribution in [0.5, 0.6) is 5.88 Å². The molecule has 4 rings (SSSR count). The summed E-state index contributed by atoms with van der Waals surface area (Å²) in [6.07, 6.45) is 4.78. The number of aromatic nitrogens is 6. The molecule has 0 spiro atoms. The molecule has 0 atom stereocenters. The summed E-state index contributed by atoms with van der Waals surface area (Å²) in [6, 6.07) is 13.1. The summed E-state index contributed by atoms with van der Waals surface area (Å²) in [7, 11) is 1.84. The predicted molar refractivity (Wildman–Crippen MR) is 110 cm³/mol. The van der Waals surface area contributed by atoms with Crippen molar-refractivity contribution in [2.45, 2.75) is 6.92 Å². The fraction of sp³-hybridized carbons (Fsp3) is 0.100. The monoisotopic (exact) mass is 402 g/mol. The number of pyridine rings is 1. The van der Waals surface area contributed by atoms with Crippen LogP contribution in [0.25, 0.3) is 17.2 Å². The number of nitrogens with zero attached hydrogens (tertiary/aromatic N) is 7. The number of hydrogen-bond donors (Lipinski definition) is 1. The van der Waals surface area contributed by atoms with Crippen molar-refractivity contribution in [1.82, 2.24) is 29.5 Å². The third kappa shape index (κ3) is 3.92. The average Bonchev–Trinajstić information content (AvgIpc) is 3.23. The van der Waals surface area contributed by atoms with Gasteiger partial charge >= 0.3 is 5.97 Å². The molecule has 0 radical (unpaired) electrons. The molecule has 10 nitrogen and oxygen atoms in total. The number of carbonyl (C=O) groups excluding carboxylic acids is 1. The van der Waals surface area contributed by atoms with E-state index in [0.29, 0.717) is 23.2 Å². The topological polar surface area (TPSA) is 125 Å². The van der Waals surface area contributed by atoms with E-state index >= 15 is 0 Å². The quantitative estimate of drug-likeness (QED) is 0.501. The van der Waals surface area contributed by atoms with Crippen molar-refractivity contribution >= 4 is 23.6 Å². The number of hydrogen-bond acceptors (Lipinski definition) is 9. The number of imidazole rings is 1. The molecule has 0 saturated carbocycles.